The maximum atomic E-state index is 13.3. The van der Waals surface area contributed by atoms with Crippen molar-refractivity contribution in [3.05, 3.63) is 99.6 Å². The van der Waals surface area contributed by atoms with Gasteiger partial charge >= 0.3 is 0 Å². The Labute approximate surface area is 208 Å². The Morgan fingerprint density at radius 3 is 2.14 bits per heavy atom. The van der Waals surface area contributed by atoms with Gasteiger partial charge in [-0.25, -0.2) is 0 Å². The van der Waals surface area contributed by atoms with Gasteiger partial charge in [-0.2, -0.15) is 0 Å². The molecule has 3 aromatic carbocycles. The molecule has 184 valence electrons. The van der Waals surface area contributed by atoms with Crippen LogP contribution < -0.4 is 14.5 Å². The van der Waals surface area contributed by atoms with E-state index in [1.54, 1.807) is 36.4 Å². The smallest absolute Gasteiger partial charge is 0.300 e. The molecular formula is C27H25N3O6. The van der Waals surface area contributed by atoms with Crippen molar-refractivity contribution < 1.29 is 24.4 Å². The maximum Gasteiger partial charge on any atom is 0.300 e. The van der Waals surface area contributed by atoms with Crippen LogP contribution in [-0.4, -0.2) is 42.4 Å². The van der Waals surface area contributed by atoms with Gasteiger partial charge in [-0.3, -0.25) is 24.6 Å². The van der Waals surface area contributed by atoms with Crippen LogP contribution in [0.1, 0.15) is 24.1 Å². The van der Waals surface area contributed by atoms with Gasteiger partial charge in [0, 0.05) is 43.2 Å². The molecule has 1 aliphatic rings. The van der Waals surface area contributed by atoms with Crippen molar-refractivity contribution in [2.24, 2.45) is 0 Å². The van der Waals surface area contributed by atoms with Gasteiger partial charge in [0.1, 0.15) is 11.5 Å². The van der Waals surface area contributed by atoms with Crippen molar-refractivity contribution >= 4 is 34.5 Å². The fourth-order valence-corrected chi connectivity index (χ4v) is 4.14. The summed E-state index contributed by atoms with van der Waals surface area (Å²) in [4.78, 5) is 40.3. The molecule has 1 atom stereocenters. The Bertz CT molecular complexity index is 1330. The number of hydrogen-bond donors (Lipinski definition) is 1. The first-order valence-corrected chi connectivity index (χ1v) is 11.3. The first-order valence-electron chi connectivity index (χ1n) is 11.3. The Hall–Kier alpha value is -4.66. The van der Waals surface area contributed by atoms with Crippen LogP contribution in [0.15, 0.2) is 78.4 Å². The normalized spacial score (nSPS) is 16.8. The zero-order valence-corrected chi connectivity index (χ0v) is 20.0. The zero-order chi connectivity index (χ0) is 26.0. The molecule has 1 amide bonds. The minimum absolute atomic E-state index is 0.102. The summed E-state index contributed by atoms with van der Waals surface area (Å²) >= 11 is 0. The van der Waals surface area contributed by atoms with Crippen LogP contribution in [-0.2, 0) is 9.59 Å². The molecule has 1 aliphatic heterocycles. The third-order valence-corrected chi connectivity index (χ3v) is 5.95. The summed E-state index contributed by atoms with van der Waals surface area (Å²) in [6.07, 6.45) is 0. The fourth-order valence-electron chi connectivity index (χ4n) is 4.14. The molecule has 36 heavy (non-hydrogen) atoms. The molecule has 0 aliphatic carbocycles. The number of hydrogen-bond acceptors (Lipinski definition) is 7. The van der Waals surface area contributed by atoms with Gasteiger partial charge in [0.2, 0.25) is 0 Å². The number of carbonyl (C=O) groups is 2. The molecular weight excluding hydrogens is 462 g/mol. The summed E-state index contributed by atoms with van der Waals surface area (Å²) in [5, 5.41) is 22.2. The topological polar surface area (TPSA) is 113 Å². The molecule has 9 heteroatoms. The van der Waals surface area contributed by atoms with Gasteiger partial charge in [-0.1, -0.05) is 12.1 Å². The van der Waals surface area contributed by atoms with Gasteiger partial charge in [0.25, 0.3) is 17.4 Å². The van der Waals surface area contributed by atoms with E-state index in [9.17, 15) is 24.8 Å². The van der Waals surface area contributed by atoms with Crippen molar-refractivity contribution in [2.45, 2.75) is 13.0 Å². The summed E-state index contributed by atoms with van der Waals surface area (Å²) in [6, 6.07) is 18.4. The highest BCUT2D eigenvalue weighted by Gasteiger charge is 2.47. The lowest BCUT2D eigenvalue weighted by molar-refractivity contribution is -0.384. The van der Waals surface area contributed by atoms with Crippen molar-refractivity contribution in [1.29, 1.82) is 0 Å². The number of ketones is 1. The van der Waals surface area contributed by atoms with Crippen LogP contribution >= 0.6 is 0 Å². The molecule has 0 bridgehead atoms. The quantitative estimate of drug-likeness (QED) is 0.169. The van der Waals surface area contributed by atoms with E-state index in [0.717, 1.165) is 5.69 Å². The summed E-state index contributed by atoms with van der Waals surface area (Å²) in [5.74, 6) is -1.41. The van der Waals surface area contributed by atoms with Crippen LogP contribution in [0.4, 0.5) is 17.1 Å². The number of ether oxygens (including phenoxy) is 1. The van der Waals surface area contributed by atoms with E-state index < -0.39 is 28.4 Å². The van der Waals surface area contributed by atoms with Gasteiger partial charge in [-0.15, -0.1) is 0 Å². The lowest BCUT2D eigenvalue weighted by Crippen LogP contribution is -2.29. The Morgan fingerprint density at radius 2 is 1.61 bits per heavy atom. The van der Waals surface area contributed by atoms with Crippen LogP contribution in [0.5, 0.6) is 5.75 Å². The predicted molar refractivity (Wildman–Crippen MR) is 136 cm³/mol. The second kappa shape index (κ2) is 9.91. The van der Waals surface area contributed by atoms with E-state index in [0.29, 0.717) is 23.6 Å². The van der Waals surface area contributed by atoms with Gasteiger partial charge in [-0.05, 0) is 61.0 Å². The molecule has 1 N–H and O–H groups in total. The van der Waals surface area contributed by atoms with Gasteiger partial charge in [0.15, 0.2) is 0 Å². The minimum Gasteiger partial charge on any atom is -0.507 e. The standard InChI is InChI=1S/C27H25N3O6/c1-4-36-22-15-7-17(8-16-22)24-23(25(31)18-5-9-21(10-6-18)30(34)35)26(32)27(33)29(24)20-13-11-19(12-14-20)28(2)3/h5-16,24,31H,4H2,1-3H3/b25-23-. The number of rotatable bonds is 7. The molecule has 0 saturated carbocycles. The molecule has 0 aromatic heterocycles. The van der Waals surface area contributed by atoms with E-state index in [2.05, 4.69) is 0 Å². The predicted octanol–water partition coefficient (Wildman–Crippen LogP) is 4.69. The van der Waals surface area contributed by atoms with E-state index in [4.69, 9.17) is 4.74 Å². The number of nitrogens with zero attached hydrogens (tertiary/aromatic N) is 3. The number of nitro groups is 1. The molecule has 0 spiro atoms. The molecule has 1 heterocycles. The summed E-state index contributed by atoms with van der Waals surface area (Å²) in [7, 11) is 3.79. The Balaban J connectivity index is 1.87. The first kappa shape index (κ1) is 24.5. The van der Waals surface area contributed by atoms with Crippen molar-refractivity contribution in [2.75, 3.05) is 30.5 Å². The van der Waals surface area contributed by atoms with Crippen LogP contribution in [0.25, 0.3) is 5.76 Å². The zero-order valence-electron chi connectivity index (χ0n) is 20.0. The molecule has 9 nitrogen and oxygen atoms in total. The highest BCUT2D eigenvalue weighted by Crippen LogP contribution is 2.42. The van der Waals surface area contributed by atoms with E-state index >= 15 is 0 Å². The molecule has 1 unspecified atom stereocenters. The largest absolute Gasteiger partial charge is 0.507 e. The second-order valence-electron chi connectivity index (χ2n) is 8.39. The number of nitro benzene ring substituents is 1. The molecule has 3 aromatic rings. The molecule has 0 radical (unpaired) electrons. The van der Waals surface area contributed by atoms with E-state index in [1.165, 1.54) is 29.2 Å². The fraction of sp³-hybridized carbons (Fsp3) is 0.185. The summed E-state index contributed by atoms with van der Waals surface area (Å²) < 4.78 is 5.52. The number of Topliss-reactive ketones (excluding diaryl/α,β-unsaturated/α-hetero) is 1. The summed E-state index contributed by atoms with van der Waals surface area (Å²) in [6.45, 7) is 2.35. The molecule has 4 rings (SSSR count). The van der Waals surface area contributed by atoms with Crippen molar-refractivity contribution in [3.63, 3.8) is 0 Å². The van der Waals surface area contributed by atoms with Crippen LogP contribution in [0.2, 0.25) is 0 Å². The number of carbonyl (C=O) groups excluding carboxylic acids is 2. The third kappa shape index (κ3) is 4.50. The maximum absolute atomic E-state index is 13.3. The number of non-ortho nitro benzene ring substituents is 1. The highest BCUT2D eigenvalue weighted by molar-refractivity contribution is 6.51. The lowest BCUT2D eigenvalue weighted by Gasteiger charge is -2.26. The number of aliphatic hydroxyl groups is 1. The minimum atomic E-state index is -0.916. The first-order chi connectivity index (χ1) is 17.2. The van der Waals surface area contributed by atoms with Crippen molar-refractivity contribution in [3.8, 4) is 5.75 Å². The van der Waals surface area contributed by atoms with Crippen LogP contribution in [0, 0.1) is 10.1 Å². The SMILES string of the molecule is CCOc1ccc(C2/C(=C(/O)c3ccc([N+](=O)[O-])cc3)C(=O)C(=O)N2c2ccc(N(C)C)cc2)cc1. The van der Waals surface area contributed by atoms with Crippen LogP contribution in [0.3, 0.4) is 0 Å². The molecule has 1 fully saturated rings. The van der Waals surface area contributed by atoms with Gasteiger partial charge in [0.05, 0.1) is 23.1 Å². The van der Waals surface area contributed by atoms with E-state index in [1.807, 2.05) is 38.1 Å². The van der Waals surface area contributed by atoms with Crippen molar-refractivity contribution in [1.82, 2.24) is 0 Å². The summed E-state index contributed by atoms with van der Waals surface area (Å²) in [5.41, 5.74) is 1.93. The average molecular weight is 488 g/mol. The van der Waals surface area contributed by atoms with Gasteiger partial charge < -0.3 is 14.7 Å². The second-order valence-corrected chi connectivity index (χ2v) is 8.39. The van der Waals surface area contributed by atoms with E-state index in [-0.39, 0.29) is 16.8 Å². The Morgan fingerprint density at radius 1 is 1.00 bits per heavy atom. The highest BCUT2D eigenvalue weighted by atomic mass is 16.6. The number of benzene rings is 3. The third-order valence-electron chi connectivity index (χ3n) is 5.95. The number of amides is 1. The lowest BCUT2D eigenvalue weighted by atomic mass is 9.95. The monoisotopic (exact) mass is 487 g/mol. The Kier molecular flexibility index (Phi) is 6.73. The number of aliphatic hydroxyl groups excluding tert-OH is 1. The average Bonchev–Trinajstić information content (AvgIpc) is 3.14. The number of anilines is 2. The molecule has 1 saturated heterocycles.